The van der Waals surface area contributed by atoms with E-state index in [0.29, 0.717) is 17.2 Å². The minimum atomic E-state index is -1.13. The molecule has 0 aliphatic heterocycles. The number of carbonyl (C=O) groups excluding carboxylic acids is 1. The number of carbonyl (C=O) groups is 2. The van der Waals surface area contributed by atoms with E-state index in [1.54, 1.807) is 30.3 Å². The molecular formula is C16H19N3O4. The van der Waals surface area contributed by atoms with Crippen LogP contribution in [0.4, 0.5) is 10.5 Å². The van der Waals surface area contributed by atoms with Gasteiger partial charge in [0.25, 0.3) is 5.91 Å². The zero-order valence-electron chi connectivity index (χ0n) is 13.2. The van der Waals surface area contributed by atoms with Gasteiger partial charge in [-0.1, -0.05) is 13.8 Å². The number of carboxylic acid groups (broad SMARTS) is 1. The number of rotatable bonds is 4. The molecule has 0 saturated heterocycles. The van der Waals surface area contributed by atoms with Crippen LogP contribution in [0.25, 0.3) is 0 Å². The lowest BCUT2D eigenvalue weighted by Crippen LogP contribution is -2.18. The number of hydrogen-bond acceptors (Lipinski definition) is 4. The number of anilines is 1. The lowest BCUT2D eigenvalue weighted by atomic mass is 10.3. The van der Waals surface area contributed by atoms with Gasteiger partial charge in [0.15, 0.2) is 0 Å². The van der Waals surface area contributed by atoms with E-state index in [4.69, 9.17) is 9.84 Å². The molecule has 0 radical (unpaired) electrons. The molecule has 1 aromatic carbocycles. The summed E-state index contributed by atoms with van der Waals surface area (Å²) in [7, 11) is 1.52. The summed E-state index contributed by atoms with van der Waals surface area (Å²) in [6.07, 6.45) is 0.341. The average molecular weight is 317 g/mol. The molecule has 2 amide bonds. The molecular weight excluding hydrogens is 298 g/mol. The highest BCUT2D eigenvalue weighted by Crippen LogP contribution is 2.23. The number of amides is 2. The van der Waals surface area contributed by atoms with Crippen molar-refractivity contribution < 1.29 is 19.4 Å². The first-order chi connectivity index (χ1) is 11.1. The third kappa shape index (κ3) is 5.66. The van der Waals surface area contributed by atoms with Gasteiger partial charge in [-0.05, 0) is 30.3 Å². The highest BCUT2D eigenvalue weighted by Gasteiger charge is 2.07. The maximum atomic E-state index is 11.5. The van der Waals surface area contributed by atoms with Crippen molar-refractivity contribution in [2.75, 3.05) is 12.4 Å². The standard InChI is InChI=1S/C14H13N3O4.C2H6/c1-15-13(18)12-8-11(6-7-16-12)21-10-4-2-9(3-5-10)17-14(19)20;1-2/h2-8,17H,1H3,(H,15,18)(H,19,20);1-2H3. The van der Waals surface area contributed by atoms with Crippen LogP contribution < -0.4 is 15.4 Å². The Morgan fingerprint density at radius 1 is 1.09 bits per heavy atom. The van der Waals surface area contributed by atoms with Crippen LogP contribution in [0.3, 0.4) is 0 Å². The summed E-state index contributed by atoms with van der Waals surface area (Å²) in [5.74, 6) is 0.670. The molecule has 0 bridgehead atoms. The van der Waals surface area contributed by atoms with E-state index in [0.717, 1.165) is 0 Å². The summed E-state index contributed by atoms with van der Waals surface area (Å²) in [5, 5.41) is 13.3. The van der Waals surface area contributed by atoms with Gasteiger partial charge in [-0.15, -0.1) is 0 Å². The molecule has 7 heteroatoms. The number of hydrogen-bond donors (Lipinski definition) is 3. The quantitative estimate of drug-likeness (QED) is 0.803. The molecule has 0 spiro atoms. The summed E-state index contributed by atoms with van der Waals surface area (Å²) in [6.45, 7) is 4.00. The normalized spacial score (nSPS) is 9.17. The van der Waals surface area contributed by atoms with Crippen molar-refractivity contribution >= 4 is 17.7 Å². The minimum absolute atomic E-state index is 0.249. The second-order valence-electron chi connectivity index (χ2n) is 4.01. The fraction of sp³-hybridized carbons (Fsp3) is 0.188. The third-order valence-corrected chi connectivity index (χ3v) is 2.53. The minimum Gasteiger partial charge on any atom is -0.465 e. The fourth-order valence-electron chi connectivity index (χ4n) is 1.59. The summed E-state index contributed by atoms with van der Waals surface area (Å²) >= 11 is 0. The van der Waals surface area contributed by atoms with E-state index in [1.165, 1.54) is 19.3 Å². The number of pyridine rings is 1. The first-order valence-electron chi connectivity index (χ1n) is 7.04. The molecule has 0 aliphatic rings. The number of aromatic nitrogens is 1. The molecule has 0 fully saturated rings. The van der Waals surface area contributed by atoms with Crippen LogP contribution in [-0.2, 0) is 0 Å². The Morgan fingerprint density at radius 3 is 2.30 bits per heavy atom. The van der Waals surface area contributed by atoms with Crippen LogP contribution in [0, 0.1) is 0 Å². The van der Waals surface area contributed by atoms with Crippen LogP contribution in [0.2, 0.25) is 0 Å². The van der Waals surface area contributed by atoms with Crippen molar-refractivity contribution in [3.8, 4) is 11.5 Å². The molecule has 0 unspecified atom stereocenters. The number of nitrogens with zero attached hydrogens (tertiary/aromatic N) is 1. The molecule has 1 aromatic heterocycles. The van der Waals surface area contributed by atoms with Crippen molar-refractivity contribution in [2.45, 2.75) is 13.8 Å². The van der Waals surface area contributed by atoms with Gasteiger partial charge in [0.1, 0.15) is 17.2 Å². The van der Waals surface area contributed by atoms with E-state index in [-0.39, 0.29) is 11.6 Å². The third-order valence-electron chi connectivity index (χ3n) is 2.53. The average Bonchev–Trinajstić information content (AvgIpc) is 2.57. The summed E-state index contributed by atoms with van der Waals surface area (Å²) < 4.78 is 5.58. The number of nitrogens with one attached hydrogen (secondary N) is 2. The maximum Gasteiger partial charge on any atom is 0.409 e. The van der Waals surface area contributed by atoms with Gasteiger partial charge in [-0.2, -0.15) is 0 Å². The Kier molecular flexibility index (Phi) is 7.06. The first-order valence-corrected chi connectivity index (χ1v) is 7.04. The Labute approximate surface area is 134 Å². The van der Waals surface area contributed by atoms with Crippen molar-refractivity contribution in [1.29, 1.82) is 0 Å². The van der Waals surface area contributed by atoms with Crippen molar-refractivity contribution in [3.63, 3.8) is 0 Å². The van der Waals surface area contributed by atoms with Gasteiger partial charge in [-0.25, -0.2) is 4.79 Å². The Morgan fingerprint density at radius 2 is 1.74 bits per heavy atom. The Hall–Kier alpha value is -3.09. The van der Waals surface area contributed by atoms with Gasteiger partial charge in [-0.3, -0.25) is 15.1 Å². The van der Waals surface area contributed by atoms with Gasteiger partial charge in [0.05, 0.1) is 0 Å². The molecule has 0 aliphatic carbocycles. The number of ether oxygens (including phenoxy) is 1. The molecule has 0 atom stereocenters. The predicted molar refractivity (Wildman–Crippen MR) is 87.1 cm³/mol. The molecule has 2 rings (SSSR count). The molecule has 23 heavy (non-hydrogen) atoms. The van der Waals surface area contributed by atoms with Gasteiger partial charge in [0, 0.05) is 25.0 Å². The van der Waals surface area contributed by atoms with E-state index in [2.05, 4.69) is 15.6 Å². The molecule has 0 saturated carbocycles. The lowest BCUT2D eigenvalue weighted by molar-refractivity contribution is 0.0957. The summed E-state index contributed by atoms with van der Waals surface area (Å²) in [4.78, 5) is 25.9. The van der Waals surface area contributed by atoms with E-state index in [1.807, 2.05) is 13.8 Å². The van der Waals surface area contributed by atoms with Crippen LogP contribution in [0.15, 0.2) is 42.6 Å². The summed E-state index contributed by atoms with van der Waals surface area (Å²) in [6, 6.07) is 9.52. The van der Waals surface area contributed by atoms with Gasteiger partial charge >= 0.3 is 6.09 Å². The number of benzene rings is 1. The Bertz CT molecular complexity index is 657. The second kappa shape index (κ2) is 9.04. The topological polar surface area (TPSA) is 101 Å². The predicted octanol–water partition coefficient (Wildman–Crippen LogP) is 3.35. The van der Waals surface area contributed by atoms with Gasteiger partial charge < -0.3 is 15.2 Å². The monoisotopic (exact) mass is 317 g/mol. The zero-order valence-corrected chi connectivity index (χ0v) is 13.2. The van der Waals surface area contributed by atoms with Crippen molar-refractivity contribution in [1.82, 2.24) is 10.3 Å². The molecule has 1 heterocycles. The molecule has 7 nitrogen and oxygen atoms in total. The van der Waals surface area contributed by atoms with E-state index < -0.39 is 6.09 Å². The first kappa shape index (κ1) is 18.0. The maximum absolute atomic E-state index is 11.5. The van der Waals surface area contributed by atoms with Crippen LogP contribution in [0.5, 0.6) is 11.5 Å². The van der Waals surface area contributed by atoms with Crippen molar-refractivity contribution in [3.05, 3.63) is 48.3 Å². The van der Waals surface area contributed by atoms with Crippen LogP contribution in [-0.4, -0.2) is 29.1 Å². The van der Waals surface area contributed by atoms with Crippen LogP contribution in [0.1, 0.15) is 24.3 Å². The van der Waals surface area contributed by atoms with E-state index >= 15 is 0 Å². The van der Waals surface area contributed by atoms with Crippen molar-refractivity contribution in [2.24, 2.45) is 0 Å². The lowest BCUT2D eigenvalue weighted by Gasteiger charge is -2.07. The van der Waals surface area contributed by atoms with E-state index in [9.17, 15) is 9.59 Å². The van der Waals surface area contributed by atoms with Crippen LogP contribution >= 0.6 is 0 Å². The molecule has 3 N–H and O–H groups in total. The summed E-state index contributed by atoms with van der Waals surface area (Å²) in [5.41, 5.74) is 0.690. The SMILES string of the molecule is CC.CNC(=O)c1cc(Oc2ccc(NC(=O)O)cc2)ccn1. The van der Waals surface area contributed by atoms with Gasteiger partial charge in [0.2, 0.25) is 0 Å². The highest BCUT2D eigenvalue weighted by atomic mass is 16.5. The largest absolute Gasteiger partial charge is 0.465 e. The molecule has 122 valence electrons. The smallest absolute Gasteiger partial charge is 0.409 e. The zero-order chi connectivity index (χ0) is 17.2. The Balaban J connectivity index is 0.00000127. The second-order valence-corrected chi connectivity index (χ2v) is 4.01. The highest BCUT2D eigenvalue weighted by molar-refractivity contribution is 5.92. The molecule has 2 aromatic rings. The fourth-order valence-corrected chi connectivity index (χ4v) is 1.59.